The molecule has 0 saturated carbocycles. The van der Waals surface area contributed by atoms with Gasteiger partial charge in [0.25, 0.3) is 5.91 Å². The van der Waals surface area contributed by atoms with Gasteiger partial charge in [-0.05, 0) is 30.2 Å². The number of esters is 1. The summed E-state index contributed by atoms with van der Waals surface area (Å²) in [6.45, 7) is 2.13. The second-order valence-electron chi connectivity index (χ2n) is 5.91. The predicted octanol–water partition coefficient (Wildman–Crippen LogP) is 4.21. The van der Waals surface area contributed by atoms with Crippen LogP contribution in [0, 0.1) is 0 Å². The first kappa shape index (κ1) is 18.0. The minimum absolute atomic E-state index is 0.244. The lowest BCUT2D eigenvalue weighted by Gasteiger charge is -2.17. The summed E-state index contributed by atoms with van der Waals surface area (Å²) in [5, 5.41) is 0.510. The van der Waals surface area contributed by atoms with Crippen LogP contribution in [0.2, 0.25) is 5.02 Å². The molecule has 26 heavy (non-hydrogen) atoms. The normalized spacial score (nSPS) is 15.7. The van der Waals surface area contributed by atoms with E-state index < -0.39 is 5.97 Å². The van der Waals surface area contributed by atoms with E-state index in [2.05, 4.69) is 0 Å². The highest BCUT2D eigenvalue weighted by Gasteiger charge is 2.37. The zero-order chi connectivity index (χ0) is 18.7. The summed E-state index contributed by atoms with van der Waals surface area (Å²) in [5.41, 5.74) is 2.78. The fourth-order valence-electron chi connectivity index (χ4n) is 2.93. The fourth-order valence-corrected chi connectivity index (χ4v) is 3.12. The minimum Gasteiger partial charge on any atom is -0.465 e. The molecular formula is C21H18ClNO3. The van der Waals surface area contributed by atoms with Crippen molar-refractivity contribution in [2.24, 2.45) is 0 Å². The molecule has 4 nitrogen and oxygen atoms in total. The number of carbonyl (C=O) groups is 2. The molecular weight excluding hydrogens is 350 g/mol. The van der Waals surface area contributed by atoms with E-state index in [0.717, 1.165) is 5.56 Å². The summed E-state index contributed by atoms with van der Waals surface area (Å²) in [5.74, 6) is -0.781. The molecule has 0 aliphatic carbocycles. The molecule has 1 amide bonds. The third-order valence-electron chi connectivity index (χ3n) is 4.29. The van der Waals surface area contributed by atoms with Gasteiger partial charge in [0.1, 0.15) is 0 Å². The largest absolute Gasteiger partial charge is 0.465 e. The number of nitrogens with zero attached hydrogens (tertiary/aromatic N) is 1. The van der Waals surface area contributed by atoms with Crippen LogP contribution in [0.3, 0.4) is 0 Å². The van der Waals surface area contributed by atoms with Crippen LogP contribution in [0.15, 0.2) is 71.4 Å². The van der Waals surface area contributed by atoms with E-state index in [1.165, 1.54) is 7.11 Å². The summed E-state index contributed by atoms with van der Waals surface area (Å²) in [6, 6.07) is 16.8. The maximum Gasteiger partial charge on any atom is 0.340 e. The van der Waals surface area contributed by atoms with E-state index in [1.54, 1.807) is 30.0 Å². The second-order valence-corrected chi connectivity index (χ2v) is 6.32. The number of hydrogen-bond acceptors (Lipinski definition) is 3. The highest BCUT2D eigenvalue weighted by molar-refractivity contribution is 6.32. The van der Waals surface area contributed by atoms with Gasteiger partial charge >= 0.3 is 5.97 Å². The first-order valence-electron chi connectivity index (χ1n) is 8.14. The summed E-state index contributed by atoms with van der Waals surface area (Å²) < 4.78 is 4.90. The Balaban J connectivity index is 2.05. The lowest BCUT2D eigenvalue weighted by molar-refractivity contribution is -0.136. The molecule has 1 aliphatic heterocycles. The molecule has 0 fully saturated rings. The molecule has 1 heterocycles. The third-order valence-corrected chi connectivity index (χ3v) is 4.63. The van der Waals surface area contributed by atoms with Crippen LogP contribution in [-0.2, 0) is 20.9 Å². The van der Waals surface area contributed by atoms with E-state index in [0.29, 0.717) is 28.4 Å². The highest BCUT2D eigenvalue weighted by Crippen LogP contribution is 2.33. The van der Waals surface area contributed by atoms with Gasteiger partial charge in [-0.2, -0.15) is 0 Å². The van der Waals surface area contributed by atoms with Crippen molar-refractivity contribution in [3.8, 4) is 0 Å². The molecule has 5 heteroatoms. The Morgan fingerprint density at radius 3 is 2.42 bits per heavy atom. The van der Waals surface area contributed by atoms with Gasteiger partial charge in [0.05, 0.1) is 24.8 Å². The van der Waals surface area contributed by atoms with Gasteiger partial charge in [0, 0.05) is 10.7 Å². The summed E-state index contributed by atoms with van der Waals surface area (Å²) in [6.07, 6.45) is 1.64. The Labute approximate surface area is 157 Å². The molecule has 132 valence electrons. The van der Waals surface area contributed by atoms with Crippen LogP contribution < -0.4 is 0 Å². The number of benzene rings is 2. The van der Waals surface area contributed by atoms with Crippen molar-refractivity contribution in [3.05, 3.63) is 87.6 Å². The average Bonchev–Trinajstić information content (AvgIpc) is 2.88. The molecule has 2 aromatic carbocycles. The van der Waals surface area contributed by atoms with Gasteiger partial charge < -0.3 is 9.64 Å². The number of halogens is 1. The van der Waals surface area contributed by atoms with Gasteiger partial charge in [-0.25, -0.2) is 4.79 Å². The van der Waals surface area contributed by atoms with Crippen LogP contribution in [0.4, 0.5) is 0 Å². The maximum atomic E-state index is 13.0. The molecule has 0 aromatic heterocycles. The predicted molar refractivity (Wildman–Crippen MR) is 101 cm³/mol. The lowest BCUT2D eigenvalue weighted by Crippen LogP contribution is -2.24. The molecule has 0 atom stereocenters. The summed E-state index contributed by atoms with van der Waals surface area (Å²) >= 11 is 6.21. The average molecular weight is 368 g/mol. The molecule has 0 spiro atoms. The van der Waals surface area contributed by atoms with Crippen molar-refractivity contribution >= 4 is 29.6 Å². The van der Waals surface area contributed by atoms with Crippen LogP contribution in [0.1, 0.15) is 18.1 Å². The Morgan fingerprint density at radius 1 is 1.12 bits per heavy atom. The Hall–Kier alpha value is -2.85. The lowest BCUT2D eigenvalue weighted by atomic mass is 10.0. The number of allylic oxidation sites excluding steroid dienone is 1. The Bertz CT molecular complexity index is 916. The van der Waals surface area contributed by atoms with E-state index >= 15 is 0 Å². The van der Waals surface area contributed by atoms with Crippen LogP contribution in [-0.4, -0.2) is 23.9 Å². The number of amides is 1. The van der Waals surface area contributed by atoms with Gasteiger partial charge in [-0.1, -0.05) is 60.1 Å². The summed E-state index contributed by atoms with van der Waals surface area (Å²) in [7, 11) is 1.31. The number of methoxy groups -OCH3 is 1. The molecule has 0 N–H and O–H groups in total. The van der Waals surface area contributed by atoms with Crippen molar-refractivity contribution in [2.45, 2.75) is 13.5 Å². The second kappa shape index (κ2) is 7.58. The molecule has 1 aliphatic rings. The highest BCUT2D eigenvalue weighted by atomic mass is 35.5. The first-order valence-corrected chi connectivity index (χ1v) is 8.52. The topological polar surface area (TPSA) is 46.6 Å². The van der Waals surface area contributed by atoms with Gasteiger partial charge in [-0.15, -0.1) is 0 Å². The molecule has 2 aromatic rings. The van der Waals surface area contributed by atoms with Crippen molar-refractivity contribution in [1.82, 2.24) is 4.90 Å². The van der Waals surface area contributed by atoms with Gasteiger partial charge in [0.15, 0.2) is 0 Å². The third kappa shape index (κ3) is 3.41. The van der Waals surface area contributed by atoms with Crippen LogP contribution in [0.5, 0.6) is 0 Å². The molecule has 3 rings (SSSR count). The van der Waals surface area contributed by atoms with Gasteiger partial charge in [-0.3, -0.25) is 4.79 Å². The van der Waals surface area contributed by atoms with Crippen molar-refractivity contribution < 1.29 is 14.3 Å². The number of ether oxygens (including phenoxy) is 1. The summed E-state index contributed by atoms with van der Waals surface area (Å²) in [4.78, 5) is 26.9. The molecule has 0 radical (unpaired) electrons. The number of hydrogen-bond donors (Lipinski definition) is 0. The fraction of sp³-hybridized carbons (Fsp3) is 0.143. The monoisotopic (exact) mass is 367 g/mol. The maximum absolute atomic E-state index is 13.0. The van der Waals surface area contributed by atoms with Crippen LogP contribution >= 0.6 is 11.6 Å². The first-order chi connectivity index (χ1) is 12.5. The van der Waals surface area contributed by atoms with Crippen molar-refractivity contribution in [1.29, 1.82) is 0 Å². The van der Waals surface area contributed by atoms with E-state index in [1.807, 2.05) is 42.5 Å². The minimum atomic E-state index is -0.537. The zero-order valence-corrected chi connectivity index (χ0v) is 15.3. The van der Waals surface area contributed by atoms with Gasteiger partial charge in [0.2, 0.25) is 0 Å². The Morgan fingerprint density at radius 2 is 1.77 bits per heavy atom. The quantitative estimate of drug-likeness (QED) is 0.600. The zero-order valence-electron chi connectivity index (χ0n) is 14.5. The standard InChI is InChI=1S/C21H18ClNO3/c1-14-19(21(25)26-2)17(12-16-10-6-7-11-18(16)22)20(24)23(14)13-15-8-4-3-5-9-15/h3-12H,13H2,1-2H3/b17-12-. The molecule has 0 bridgehead atoms. The SMILES string of the molecule is COC(=O)C1=C(C)N(Cc2ccccc2)C(=O)/C1=C\c1ccccc1Cl. The van der Waals surface area contributed by atoms with Crippen molar-refractivity contribution in [3.63, 3.8) is 0 Å². The number of carbonyl (C=O) groups excluding carboxylic acids is 2. The Kier molecular flexibility index (Phi) is 5.24. The van der Waals surface area contributed by atoms with Crippen molar-refractivity contribution in [2.75, 3.05) is 7.11 Å². The van der Waals surface area contributed by atoms with E-state index in [9.17, 15) is 9.59 Å². The molecule has 0 saturated heterocycles. The van der Waals surface area contributed by atoms with E-state index in [4.69, 9.17) is 16.3 Å². The smallest absolute Gasteiger partial charge is 0.340 e. The molecule has 0 unspecified atom stereocenters. The van der Waals surface area contributed by atoms with Crippen LogP contribution in [0.25, 0.3) is 6.08 Å². The number of rotatable bonds is 4. The van der Waals surface area contributed by atoms with E-state index in [-0.39, 0.29) is 11.5 Å².